The Balaban J connectivity index is 2.87. The van der Waals surface area contributed by atoms with Gasteiger partial charge in [-0.2, -0.15) is 0 Å². The molecule has 0 aliphatic heterocycles. The van der Waals surface area contributed by atoms with E-state index in [9.17, 15) is 4.79 Å². The quantitative estimate of drug-likeness (QED) is 0.683. The monoisotopic (exact) mass is 454 g/mol. The van der Waals surface area contributed by atoms with Crippen LogP contribution >= 0.6 is 47.8 Å². The lowest BCUT2D eigenvalue weighted by Gasteiger charge is -2.18. The van der Waals surface area contributed by atoms with E-state index >= 15 is 0 Å². The third-order valence-corrected chi connectivity index (χ3v) is 4.37. The molecule has 0 bridgehead atoms. The Morgan fingerprint density at radius 1 is 1.26 bits per heavy atom. The molecule has 1 aromatic carbocycles. The van der Waals surface area contributed by atoms with Gasteiger partial charge in [0.2, 0.25) is 5.91 Å². The predicted octanol–water partition coefficient (Wildman–Crippen LogP) is 4.53. The summed E-state index contributed by atoms with van der Waals surface area (Å²) >= 11 is 10.3. The van der Waals surface area contributed by atoms with Gasteiger partial charge in [-0.05, 0) is 56.3 Å². The number of benzene rings is 1. The molecule has 0 heterocycles. The Bertz CT molecular complexity index is 440. The number of nitrogens with one attached hydrogen (secondary N) is 1. The number of amides is 1. The molecule has 0 saturated heterocycles. The number of hydrogen-bond donors (Lipinski definition) is 2. The molecular weight excluding hydrogens is 440 g/mol. The molecule has 3 nitrogen and oxygen atoms in total. The highest BCUT2D eigenvalue weighted by atomic mass is 79.9. The molecule has 1 rings (SSSR count). The average molecular weight is 457 g/mol. The second-order valence-corrected chi connectivity index (χ2v) is 7.42. The van der Waals surface area contributed by atoms with Crippen molar-refractivity contribution < 1.29 is 4.79 Å². The van der Waals surface area contributed by atoms with Crippen molar-refractivity contribution in [1.29, 1.82) is 0 Å². The minimum absolute atomic E-state index is 0.0417. The van der Waals surface area contributed by atoms with Crippen LogP contribution in [0.15, 0.2) is 25.6 Å². The van der Waals surface area contributed by atoms with Gasteiger partial charge in [0, 0.05) is 20.0 Å². The van der Waals surface area contributed by atoms with E-state index in [1.807, 2.05) is 12.1 Å². The van der Waals surface area contributed by atoms with E-state index in [1.54, 1.807) is 0 Å². The molecule has 0 aliphatic rings. The number of anilines is 1. The topological polar surface area (TPSA) is 55.1 Å². The molecule has 0 saturated carbocycles. The first-order valence-electron chi connectivity index (χ1n) is 6.00. The van der Waals surface area contributed by atoms with Crippen LogP contribution in [0.5, 0.6) is 0 Å². The molecule has 3 N–H and O–H groups in total. The van der Waals surface area contributed by atoms with Crippen LogP contribution in [0.4, 0.5) is 5.69 Å². The van der Waals surface area contributed by atoms with Gasteiger partial charge in [0.05, 0.1) is 11.6 Å². The van der Waals surface area contributed by atoms with Crippen molar-refractivity contribution >= 4 is 59.4 Å². The fraction of sp³-hybridized carbons (Fsp3) is 0.462. The SMILES string of the molecule is CC(C)CC(CN)C(=O)Nc1c(Br)cc(Br)cc1Br. The average Bonchev–Trinajstić information content (AvgIpc) is 2.30. The van der Waals surface area contributed by atoms with Crippen LogP contribution in [0.2, 0.25) is 0 Å². The van der Waals surface area contributed by atoms with Gasteiger partial charge in [0.25, 0.3) is 0 Å². The van der Waals surface area contributed by atoms with E-state index in [0.29, 0.717) is 12.5 Å². The van der Waals surface area contributed by atoms with Crippen molar-refractivity contribution in [2.24, 2.45) is 17.6 Å². The summed E-state index contributed by atoms with van der Waals surface area (Å²) in [6.07, 6.45) is 0.786. The molecule has 1 aromatic rings. The van der Waals surface area contributed by atoms with Crippen molar-refractivity contribution in [3.8, 4) is 0 Å². The Hall–Kier alpha value is 0.0900. The van der Waals surface area contributed by atoms with Crippen LogP contribution in [0, 0.1) is 11.8 Å². The maximum atomic E-state index is 12.2. The van der Waals surface area contributed by atoms with Gasteiger partial charge in [0.15, 0.2) is 0 Å². The van der Waals surface area contributed by atoms with Crippen LogP contribution in [0.1, 0.15) is 20.3 Å². The van der Waals surface area contributed by atoms with Gasteiger partial charge in [0.1, 0.15) is 0 Å². The van der Waals surface area contributed by atoms with Gasteiger partial charge in [-0.15, -0.1) is 0 Å². The number of halogens is 3. The van der Waals surface area contributed by atoms with Crippen LogP contribution < -0.4 is 11.1 Å². The first kappa shape index (κ1) is 17.1. The summed E-state index contributed by atoms with van der Waals surface area (Å²) in [6.45, 7) is 4.53. The predicted molar refractivity (Wildman–Crippen MR) is 90.2 cm³/mol. The summed E-state index contributed by atoms with van der Waals surface area (Å²) in [5.74, 6) is 0.235. The van der Waals surface area contributed by atoms with Crippen molar-refractivity contribution in [3.05, 3.63) is 25.6 Å². The number of carbonyl (C=O) groups excluding carboxylic acids is 1. The van der Waals surface area contributed by atoms with Crippen molar-refractivity contribution in [2.75, 3.05) is 11.9 Å². The second kappa shape index (κ2) is 7.76. The minimum Gasteiger partial charge on any atom is -0.330 e. The lowest BCUT2D eigenvalue weighted by molar-refractivity contribution is -0.120. The highest BCUT2D eigenvalue weighted by Crippen LogP contribution is 2.34. The zero-order valence-corrected chi connectivity index (χ0v) is 15.6. The second-order valence-electron chi connectivity index (χ2n) is 4.80. The first-order chi connectivity index (χ1) is 8.85. The maximum absolute atomic E-state index is 12.2. The first-order valence-corrected chi connectivity index (χ1v) is 8.38. The van der Waals surface area contributed by atoms with E-state index in [2.05, 4.69) is 67.0 Å². The normalized spacial score (nSPS) is 12.6. The molecule has 0 fully saturated rings. The van der Waals surface area contributed by atoms with Gasteiger partial charge in [-0.1, -0.05) is 29.8 Å². The Morgan fingerprint density at radius 3 is 2.21 bits per heavy atom. The summed E-state index contributed by atoms with van der Waals surface area (Å²) in [4.78, 5) is 12.2. The maximum Gasteiger partial charge on any atom is 0.228 e. The van der Waals surface area contributed by atoms with Crippen LogP contribution in [-0.2, 0) is 4.79 Å². The molecule has 0 radical (unpaired) electrons. The van der Waals surface area contributed by atoms with E-state index in [0.717, 1.165) is 25.5 Å². The number of rotatable bonds is 5. The van der Waals surface area contributed by atoms with Gasteiger partial charge >= 0.3 is 0 Å². The minimum atomic E-state index is -0.164. The fourth-order valence-electron chi connectivity index (χ4n) is 1.77. The molecule has 0 aliphatic carbocycles. The van der Waals surface area contributed by atoms with Crippen LogP contribution in [0.3, 0.4) is 0 Å². The van der Waals surface area contributed by atoms with E-state index in [1.165, 1.54) is 0 Å². The van der Waals surface area contributed by atoms with Crippen molar-refractivity contribution in [1.82, 2.24) is 0 Å². The lowest BCUT2D eigenvalue weighted by atomic mass is 9.96. The Labute approximate surface area is 139 Å². The molecule has 1 unspecified atom stereocenters. The number of nitrogens with two attached hydrogens (primary N) is 1. The zero-order chi connectivity index (χ0) is 14.6. The molecule has 6 heteroatoms. The Kier molecular flexibility index (Phi) is 7.00. The molecule has 1 amide bonds. The summed E-state index contributed by atoms with van der Waals surface area (Å²) in [5.41, 5.74) is 6.42. The highest BCUT2D eigenvalue weighted by Gasteiger charge is 2.20. The third kappa shape index (κ3) is 5.17. The van der Waals surface area contributed by atoms with Gasteiger partial charge < -0.3 is 11.1 Å². The molecule has 19 heavy (non-hydrogen) atoms. The van der Waals surface area contributed by atoms with E-state index in [4.69, 9.17) is 5.73 Å². The van der Waals surface area contributed by atoms with E-state index < -0.39 is 0 Å². The summed E-state index contributed by atoms with van der Waals surface area (Å²) in [5, 5.41) is 2.93. The Morgan fingerprint density at radius 2 is 1.79 bits per heavy atom. The van der Waals surface area contributed by atoms with Crippen LogP contribution in [-0.4, -0.2) is 12.5 Å². The van der Waals surface area contributed by atoms with Gasteiger partial charge in [-0.25, -0.2) is 0 Å². The molecule has 1 atom stereocenters. The van der Waals surface area contributed by atoms with Crippen molar-refractivity contribution in [2.45, 2.75) is 20.3 Å². The molecule has 106 valence electrons. The fourth-order valence-corrected chi connectivity index (χ4v) is 4.22. The van der Waals surface area contributed by atoms with E-state index in [-0.39, 0.29) is 11.8 Å². The summed E-state index contributed by atoms with van der Waals surface area (Å²) in [7, 11) is 0. The largest absolute Gasteiger partial charge is 0.330 e. The zero-order valence-electron chi connectivity index (χ0n) is 10.8. The summed E-state index contributed by atoms with van der Waals surface area (Å²) in [6, 6.07) is 3.78. The number of hydrogen-bond acceptors (Lipinski definition) is 2. The molecular formula is C13H17Br3N2O. The van der Waals surface area contributed by atoms with Gasteiger partial charge in [-0.3, -0.25) is 4.79 Å². The smallest absolute Gasteiger partial charge is 0.228 e. The lowest BCUT2D eigenvalue weighted by Crippen LogP contribution is -2.30. The standard InChI is InChI=1S/C13H17Br3N2O/c1-7(2)3-8(6-17)13(19)18-12-10(15)4-9(14)5-11(12)16/h4-5,7-8H,3,6,17H2,1-2H3,(H,18,19). The van der Waals surface area contributed by atoms with Crippen LogP contribution in [0.25, 0.3) is 0 Å². The summed E-state index contributed by atoms with van der Waals surface area (Å²) < 4.78 is 2.58. The highest BCUT2D eigenvalue weighted by molar-refractivity contribution is 9.11. The molecule has 0 aromatic heterocycles. The third-order valence-electron chi connectivity index (χ3n) is 2.67. The molecule has 0 spiro atoms. The van der Waals surface area contributed by atoms with Crippen molar-refractivity contribution in [3.63, 3.8) is 0 Å². The number of carbonyl (C=O) groups is 1.